The van der Waals surface area contributed by atoms with Gasteiger partial charge < -0.3 is 0 Å². The first-order valence-electron chi connectivity index (χ1n) is 6.42. The summed E-state index contributed by atoms with van der Waals surface area (Å²) in [6.45, 7) is 0. The van der Waals surface area contributed by atoms with Crippen LogP contribution in [-0.2, 0) is 4.79 Å². The lowest BCUT2D eigenvalue weighted by Gasteiger charge is -2.31. The maximum atomic E-state index is 12.5. The zero-order chi connectivity index (χ0) is 14.9. The monoisotopic (exact) mass is 312 g/mol. The molecule has 0 aliphatic heterocycles. The number of Topliss-reactive ketones (excluding diaryl/α,β-unsaturated/α-hetero) is 2. The number of carbonyl (C=O) groups excluding carboxylic acids is 2. The van der Waals surface area contributed by atoms with E-state index in [1.165, 1.54) is 0 Å². The van der Waals surface area contributed by atoms with Crippen LogP contribution in [0.1, 0.15) is 23.2 Å². The number of ketones is 2. The number of rotatable bonds is 6. The molecule has 1 radical (unpaired) electrons. The summed E-state index contributed by atoms with van der Waals surface area (Å²) in [6.07, 6.45) is 1.67. The third-order valence-corrected chi connectivity index (χ3v) is 3.95. The standard InChI is InChI=1S/C15H16Cl2NO2/c1-18(2)13(12(19)10-8-9-10)15(16,17)14(20)11-6-4-3-5-7-11/h3-7,10H,8-9H2,1-2H3. The summed E-state index contributed by atoms with van der Waals surface area (Å²) in [7, 11) is 3.35. The Hall–Kier alpha value is -0.900. The van der Waals surface area contributed by atoms with Crippen LogP contribution in [-0.4, -0.2) is 34.9 Å². The molecule has 0 amide bonds. The maximum absolute atomic E-state index is 12.5. The van der Waals surface area contributed by atoms with Gasteiger partial charge in [0, 0.05) is 11.5 Å². The van der Waals surface area contributed by atoms with Crippen LogP contribution in [0.25, 0.3) is 0 Å². The summed E-state index contributed by atoms with van der Waals surface area (Å²) in [5, 5.41) is 0. The quantitative estimate of drug-likeness (QED) is 0.598. The summed E-state index contributed by atoms with van der Waals surface area (Å²) < 4.78 is -1.86. The molecule has 1 aliphatic carbocycles. The number of hydrogen-bond donors (Lipinski definition) is 0. The molecule has 0 heterocycles. The van der Waals surface area contributed by atoms with Gasteiger partial charge >= 0.3 is 0 Å². The minimum absolute atomic E-state index is 0.0483. The van der Waals surface area contributed by atoms with Crippen molar-refractivity contribution in [2.45, 2.75) is 17.2 Å². The molecule has 0 spiro atoms. The second-order valence-corrected chi connectivity index (χ2v) is 6.48. The van der Waals surface area contributed by atoms with Crippen LogP contribution in [0.3, 0.4) is 0 Å². The van der Waals surface area contributed by atoms with E-state index in [2.05, 4.69) is 0 Å². The number of carbonyl (C=O) groups is 2. The van der Waals surface area contributed by atoms with Gasteiger partial charge in [-0.25, -0.2) is 0 Å². The molecule has 0 saturated heterocycles. The number of hydrogen-bond acceptors (Lipinski definition) is 3. The van der Waals surface area contributed by atoms with Gasteiger partial charge in [0.2, 0.25) is 10.1 Å². The van der Waals surface area contributed by atoms with Gasteiger partial charge in [-0.15, -0.1) is 0 Å². The first kappa shape index (κ1) is 15.5. The van der Waals surface area contributed by atoms with Crippen molar-refractivity contribution in [3.05, 3.63) is 41.9 Å². The first-order chi connectivity index (χ1) is 9.35. The van der Waals surface area contributed by atoms with Gasteiger partial charge in [0.25, 0.3) is 0 Å². The molecule has 107 valence electrons. The highest BCUT2D eigenvalue weighted by Crippen LogP contribution is 2.43. The van der Waals surface area contributed by atoms with Crippen molar-refractivity contribution < 1.29 is 9.59 Å². The SMILES string of the molecule is CN(C)[C](C(=O)C1CC1)C(Cl)(Cl)C(=O)c1ccccc1. The van der Waals surface area contributed by atoms with E-state index in [0.717, 1.165) is 12.8 Å². The molecule has 2 rings (SSSR count). The minimum Gasteiger partial charge on any atom is -0.297 e. The van der Waals surface area contributed by atoms with E-state index in [1.807, 2.05) is 0 Å². The molecule has 5 heteroatoms. The van der Waals surface area contributed by atoms with Crippen molar-refractivity contribution in [3.63, 3.8) is 0 Å². The van der Waals surface area contributed by atoms with Crippen LogP contribution in [0.4, 0.5) is 0 Å². The minimum atomic E-state index is -1.86. The fourth-order valence-corrected chi connectivity index (χ4v) is 2.82. The molecule has 1 aliphatic rings. The molecule has 3 nitrogen and oxygen atoms in total. The van der Waals surface area contributed by atoms with Gasteiger partial charge in [-0.3, -0.25) is 14.5 Å². The van der Waals surface area contributed by atoms with Gasteiger partial charge in [-0.05, 0) is 26.9 Å². The predicted octanol–water partition coefficient (Wildman–Crippen LogP) is 3.12. The topological polar surface area (TPSA) is 37.4 Å². The van der Waals surface area contributed by atoms with Gasteiger partial charge in [0.15, 0.2) is 5.78 Å². The molecular weight excluding hydrogens is 297 g/mol. The second-order valence-electron chi connectivity index (χ2n) is 5.15. The summed E-state index contributed by atoms with van der Waals surface area (Å²) in [6, 6.07) is 8.68. The summed E-state index contributed by atoms with van der Waals surface area (Å²) >= 11 is 12.5. The Balaban J connectivity index is 2.30. The van der Waals surface area contributed by atoms with Crippen molar-refractivity contribution in [1.82, 2.24) is 4.90 Å². The molecule has 1 aromatic rings. The van der Waals surface area contributed by atoms with Crippen LogP contribution >= 0.6 is 23.2 Å². The van der Waals surface area contributed by atoms with E-state index in [1.54, 1.807) is 49.3 Å². The molecule has 0 N–H and O–H groups in total. The van der Waals surface area contributed by atoms with Crippen LogP contribution in [0.15, 0.2) is 30.3 Å². The Morgan fingerprint density at radius 2 is 1.70 bits per heavy atom. The molecular formula is C15H16Cl2NO2. The Bertz CT molecular complexity index is 510. The summed E-state index contributed by atoms with van der Waals surface area (Å²) in [4.78, 5) is 26.4. The number of halogens is 2. The van der Waals surface area contributed by atoms with Crippen molar-refractivity contribution in [2.24, 2.45) is 5.92 Å². The molecule has 1 fully saturated rings. The zero-order valence-electron chi connectivity index (χ0n) is 11.4. The van der Waals surface area contributed by atoms with Gasteiger partial charge in [-0.2, -0.15) is 0 Å². The Kier molecular flexibility index (Phi) is 4.52. The average Bonchev–Trinajstić information content (AvgIpc) is 3.22. The van der Waals surface area contributed by atoms with E-state index >= 15 is 0 Å². The summed E-state index contributed by atoms with van der Waals surface area (Å²) in [5.74, 6) is -0.656. The number of likely N-dealkylation sites (N-methyl/N-ethyl adjacent to an activating group) is 1. The van der Waals surface area contributed by atoms with E-state index in [0.29, 0.717) is 5.56 Å². The van der Waals surface area contributed by atoms with Crippen molar-refractivity contribution in [3.8, 4) is 0 Å². The molecule has 1 aromatic carbocycles. The Morgan fingerprint density at radius 3 is 2.15 bits per heavy atom. The van der Waals surface area contributed by atoms with Crippen molar-refractivity contribution in [2.75, 3.05) is 14.1 Å². The maximum Gasteiger partial charge on any atom is 0.208 e. The van der Waals surface area contributed by atoms with Gasteiger partial charge in [-0.1, -0.05) is 53.5 Å². The summed E-state index contributed by atoms with van der Waals surface area (Å²) in [5.41, 5.74) is 0.389. The van der Waals surface area contributed by atoms with Crippen LogP contribution in [0.5, 0.6) is 0 Å². The first-order valence-corrected chi connectivity index (χ1v) is 7.18. The molecule has 0 bridgehead atoms. The lowest BCUT2D eigenvalue weighted by atomic mass is 9.96. The highest BCUT2D eigenvalue weighted by molar-refractivity contribution is 6.63. The highest BCUT2D eigenvalue weighted by Gasteiger charge is 2.52. The van der Waals surface area contributed by atoms with Gasteiger partial charge in [0.05, 0.1) is 0 Å². The number of benzene rings is 1. The fraction of sp³-hybridized carbons (Fsp3) is 0.400. The van der Waals surface area contributed by atoms with Crippen LogP contribution < -0.4 is 0 Å². The van der Waals surface area contributed by atoms with Gasteiger partial charge in [0.1, 0.15) is 6.04 Å². The highest BCUT2D eigenvalue weighted by atomic mass is 35.5. The lowest BCUT2D eigenvalue weighted by molar-refractivity contribution is -0.120. The number of alkyl halides is 2. The molecule has 0 aromatic heterocycles. The van der Waals surface area contributed by atoms with E-state index in [9.17, 15) is 9.59 Å². The molecule has 0 atom stereocenters. The molecule has 20 heavy (non-hydrogen) atoms. The lowest BCUT2D eigenvalue weighted by Crippen LogP contribution is -2.46. The number of nitrogens with zero attached hydrogens (tertiary/aromatic N) is 1. The largest absolute Gasteiger partial charge is 0.297 e. The van der Waals surface area contributed by atoms with E-state index in [-0.39, 0.29) is 17.7 Å². The average molecular weight is 313 g/mol. The van der Waals surface area contributed by atoms with E-state index < -0.39 is 10.1 Å². The van der Waals surface area contributed by atoms with Crippen LogP contribution in [0, 0.1) is 12.0 Å². The predicted molar refractivity (Wildman–Crippen MR) is 79.9 cm³/mol. The Morgan fingerprint density at radius 1 is 1.15 bits per heavy atom. The molecule has 0 unspecified atom stereocenters. The fourth-order valence-electron chi connectivity index (χ4n) is 2.07. The van der Waals surface area contributed by atoms with Crippen molar-refractivity contribution in [1.29, 1.82) is 0 Å². The van der Waals surface area contributed by atoms with Crippen molar-refractivity contribution >= 4 is 34.8 Å². The van der Waals surface area contributed by atoms with Crippen LogP contribution in [0.2, 0.25) is 0 Å². The molecule has 1 saturated carbocycles. The second kappa shape index (κ2) is 5.84. The normalized spacial score (nSPS) is 15.7. The third kappa shape index (κ3) is 3.05. The smallest absolute Gasteiger partial charge is 0.208 e. The van der Waals surface area contributed by atoms with E-state index in [4.69, 9.17) is 23.2 Å². The third-order valence-electron chi connectivity index (χ3n) is 3.25. The zero-order valence-corrected chi connectivity index (χ0v) is 12.9. The Labute approximate surface area is 128 Å².